The van der Waals surface area contributed by atoms with Crippen molar-refractivity contribution in [2.45, 2.75) is 31.9 Å². The fourth-order valence-electron chi connectivity index (χ4n) is 1.58. The minimum absolute atomic E-state index is 0.241. The summed E-state index contributed by atoms with van der Waals surface area (Å²) < 4.78 is 5.46. The zero-order valence-electron chi connectivity index (χ0n) is 10.0. The second-order valence-electron chi connectivity index (χ2n) is 4.48. The fraction of sp³-hybridized carbons (Fsp3) is 0.500. The second kappa shape index (κ2) is 6.52. The van der Waals surface area contributed by atoms with Crippen LogP contribution in [0.2, 0.25) is 0 Å². The van der Waals surface area contributed by atoms with Crippen LogP contribution in [0.5, 0.6) is 0 Å². The van der Waals surface area contributed by atoms with Gasteiger partial charge < -0.3 is 10.1 Å². The van der Waals surface area contributed by atoms with Crippen molar-refractivity contribution in [3.63, 3.8) is 0 Å². The third kappa shape index (κ3) is 5.11. The number of carbonyl (C=O) groups excluding carboxylic acids is 1. The van der Waals surface area contributed by atoms with E-state index in [0.717, 1.165) is 5.56 Å². The van der Waals surface area contributed by atoms with Gasteiger partial charge in [0.05, 0.1) is 19.8 Å². The van der Waals surface area contributed by atoms with E-state index in [0.29, 0.717) is 32.2 Å². The van der Waals surface area contributed by atoms with Gasteiger partial charge in [-0.3, -0.25) is 4.79 Å². The number of nitrogens with one attached hydrogen (secondary N) is 1. The van der Waals surface area contributed by atoms with Gasteiger partial charge in [0.1, 0.15) is 5.78 Å². The van der Waals surface area contributed by atoms with Gasteiger partial charge in [0, 0.05) is 12.5 Å². The highest BCUT2D eigenvalue weighted by molar-refractivity contribution is 5.80. The molecule has 0 unspecified atom stereocenters. The van der Waals surface area contributed by atoms with Gasteiger partial charge in [-0.2, -0.15) is 0 Å². The van der Waals surface area contributed by atoms with E-state index in [1.807, 2.05) is 30.3 Å². The number of carbonyl (C=O) groups is 1. The third-order valence-corrected chi connectivity index (χ3v) is 2.80. The van der Waals surface area contributed by atoms with Crippen molar-refractivity contribution in [1.82, 2.24) is 5.32 Å². The van der Waals surface area contributed by atoms with Crippen LogP contribution in [0.25, 0.3) is 0 Å². The molecule has 1 aliphatic rings. The van der Waals surface area contributed by atoms with Gasteiger partial charge in [0.2, 0.25) is 0 Å². The lowest BCUT2D eigenvalue weighted by molar-refractivity contribution is -0.119. The second-order valence-corrected chi connectivity index (χ2v) is 4.48. The summed E-state index contributed by atoms with van der Waals surface area (Å²) in [6, 6.07) is 10.6. The Labute approximate surface area is 102 Å². The molecular formula is C14H19NO2. The molecule has 0 atom stereocenters. The number of ketones is 1. The predicted molar refractivity (Wildman–Crippen MR) is 66.7 cm³/mol. The van der Waals surface area contributed by atoms with Crippen LogP contribution >= 0.6 is 0 Å². The molecule has 3 nitrogen and oxygen atoms in total. The first-order valence-electron chi connectivity index (χ1n) is 6.21. The highest BCUT2D eigenvalue weighted by Gasteiger charge is 2.20. The van der Waals surface area contributed by atoms with E-state index in [4.69, 9.17) is 4.74 Å². The molecule has 0 heterocycles. The van der Waals surface area contributed by atoms with Crippen LogP contribution in [0.3, 0.4) is 0 Å². The molecule has 0 aromatic heterocycles. The van der Waals surface area contributed by atoms with Gasteiger partial charge in [0.15, 0.2) is 0 Å². The van der Waals surface area contributed by atoms with Crippen LogP contribution in [0.1, 0.15) is 24.8 Å². The molecule has 1 aliphatic carbocycles. The van der Waals surface area contributed by atoms with E-state index in [-0.39, 0.29) is 5.78 Å². The Morgan fingerprint density at radius 1 is 1.29 bits per heavy atom. The number of ether oxygens (including phenoxy) is 1. The standard InChI is InChI=1S/C14H19NO2/c16-14(10-15-13-6-7-13)8-9-17-11-12-4-2-1-3-5-12/h1-5,13,15H,6-11H2. The summed E-state index contributed by atoms with van der Waals surface area (Å²) in [6.07, 6.45) is 2.95. The van der Waals surface area contributed by atoms with E-state index < -0.39 is 0 Å². The molecule has 0 saturated heterocycles. The van der Waals surface area contributed by atoms with E-state index >= 15 is 0 Å². The van der Waals surface area contributed by atoms with E-state index in [9.17, 15) is 4.79 Å². The van der Waals surface area contributed by atoms with Gasteiger partial charge in [-0.05, 0) is 18.4 Å². The van der Waals surface area contributed by atoms with E-state index in [1.54, 1.807) is 0 Å². The topological polar surface area (TPSA) is 38.3 Å². The first kappa shape index (κ1) is 12.3. The van der Waals surface area contributed by atoms with Crippen LogP contribution in [0, 0.1) is 0 Å². The van der Waals surface area contributed by atoms with E-state index in [1.165, 1.54) is 12.8 Å². The Morgan fingerprint density at radius 2 is 2.06 bits per heavy atom. The van der Waals surface area contributed by atoms with Gasteiger partial charge in [0.25, 0.3) is 0 Å². The summed E-state index contributed by atoms with van der Waals surface area (Å²) in [4.78, 5) is 11.4. The maximum Gasteiger partial charge on any atom is 0.148 e. The molecular weight excluding hydrogens is 214 g/mol. The lowest BCUT2D eigenvalue weighted by Crippen LogP contribution is -2.25. The average Bonchev–Trinajstić information content (AvgIpc) is 3.17. The molecule has 0 aliphatic heterocycles. The van der Waals surface area contributed by atoms with Gasteiger partial charge in [-0.25, -0.2) is 0 Å². The number of hydrogen-bond acceptors (Lipinski definition) is 3. The lowest BCUT2D eigenvalue weighted by Gasteiger charge is -2.04. The maximum atomic E-state index is 11.4. The van der Waals surface area contributed by atoms with Crippen molar-refractivity contribution in [1.29, 1.82) is 0 Å². The Bertz CT molecular complexity index is 346. The third-order valence-electron chi connectivity index (χ3n) is 2.80. The van der Waals surface area contributed by atoms with Crippen molar-refractivity contribution in [3.05, 3.63) is 35.9 Å². The molecule has 17 heavy (non-hydrogen) atoms. The first-order chi connectivity index (χ1) is 8.34. The molecule has 1 aromatic rings. The molecule has 1 N–H and O–H groups in total. The minimum atomic E-state index is 0.241. The molecule has 1 aromatic carbocycles. The van der Waals surface area contributed by atoms with Crippen molar-refractivity contribution in [2.24, 2.45) is 0 Å². The molecule has 1 fully saturated rings. The number of Topliss-reactive ketones (excluding diaryl/α,β-unsaturated/α-hetero) is 1. The van der Waals surface area contributed by atoms with Crippen LogP contribution in [-0.2, 0) is 16.1 Å². The SMILES string of the molecule is O=C(CCOCc1ccccc1)CNC1CC1. The number of rotatable bonds is 8. The largest absolute Gasteiger partial charge is 0.376 e. The predicted octanol–water partition coefficient (Wildman–Crippen LogP) is 1.91. The first-order valence-corrected chi connectivity index (χ1v) is 6.21. The van der Waals surface area contributed by atoms with Crippen LogP contribution in [0.4, 0.5) is 0 Å². The van der Waals surface area contributed by atoms with Crippen molar-refractivity contribution >= 4 is 5.78 Å². The molecule has 0 amide bonds. The van der Waals surface area contributed by atoms with Gasteiger partial charge >= 0.3 is 0 Å². The lowest BCUT2D eigenvalue weighted by atomic mass is 10.2. The van der Waals surface area contributed by atoms with Crippen LogP contribution < -0.4 is 5.32 Å². The minimum Gasteiger partial charge on any atom is -0.376 e. The highest BCUT2D eigenvalue weighted by atomic mass is 16.5. The summed E-state index contributed by atoms with van der Waals surface area (Å²) in [6.45, 7) is 1.60. The number of benzene rings is 1. The molecule has 0 radical (unpaired) electrons. The van der Waals surface area contributed by atoms with E-state index in [2.05, 4.69) is 5.32 Å². The Balaban J connectivity index is 1.51. The maximum absolute atomic E-state index is 11.4. The Morgan fingerprint density at radius 3 is 2.76 bits per heavy atom. The zero-order chi connectivity index (χ0) is 11.9. The van der Waals surface area contributed by atoms with Gasteiger partial charge in [-0.15, -0.1) is 0 Å². The molecule has 3 heteroatoms. The van der Waals surface area contributed by atoms with Crippen molar-refractivity contribution in [3.8, 4) is 0 Å². The van der Waals surface area contributed by atoms with Crippen molar-refractivity contribution < 1.29 is 9.53 Å². The average molecular weight is 233 g/mol. The summed E-state index contributed by atoms with van der Waals surface area (Å²) in [5.41, 5.74) is 1.15. The fourth-order valence-corrected chi connectivity index (χ4v) is 1.58. The Kier molecular flexibility index (Phi) is 4.71. The summed E-state index contributed by atoms with van der Waals surface area (Å²) in [7, 11) is 0. The van der Waals surface area contributed by atoms with Crippen molar-refractivity contribution in [2.75, 3.05) is 13.2 Å². The Hall–Kier alpha value is -1.19. The smallest absolute Gasteiger partial charge is 0.148 e. The summed E-state index contributed by atoms with van der Waals surface area (Å²) >= 11 is 0. The molecule has 1 saturated carbocycles. The normalized spacial score (nSPS) is 14.8. The van der Waals surface area contributed by atoms with Crippen LogP contribution in [-0.4, -0.2) is 25.0 Å². The summed E-state index contributed by atoms with van der Waals surface area (Å²) in [5, 5.41) is 3.21. The summed E-state index contributed by atoms with van der Waals surface area (Å²) in [5.74, 6) is 0.241. The molecule has 0 bridgehead atoms. The van der Waals surface area contributed by atoms with Crippen LogP contribution in [0.15, 0.2) is 30.3 Å². The molecule has 2 rings (SSSR count). The van der Waals surface area contributed by atoms with Gasteiger partial charge in [-0.1, -0.05) is 30.3 Å². The number of hydrogen-bond donors (Lipinski definition) is 1. The monoisotopic (exact) mass is 233 g/mol. The molecule has 92 valence electrons. The quantitative estimate of drug-likeness (QED) is 0.697. The molecule has 0 spiro atoms. The highest BCUT2D eigenvalue weighted by Crippen LogP contribution is 2.18. The zero-order valence-corrected chi connectivity index (χ0v) is 10.0.